The molecule has 0 radical (unpaired) electrons. The van der Waals surface area contributed by atoms with E-state index in [1.165, 1.54) is 6.08 Å². The lowest BCUT2D eigenvalue weighted by molar-refractivity contribution is 0.564. The molecule has 0 aliphatic carbocycles. The van der Waals surface area contributed by atoms with Crippen LogP contribution in [0.5, 0.6) is 0 Å². The minimum absolute atomic E-state index is 0.344. The lowest BCUT2D eigenvalue weighted by Crippen LogP contribution is -1.91. The Kier molecular flexibility index (Phi) is 4.94. The van der Waals surface area contributed by atoms with Gasteiger partial charge in [-0.25, -0.2) is 9.59 Å². The standard InChI is InChI=1S/C17H14N2O2/c1-2-6-15-14(13-7-4-3-5-8-13)9-10-16(18-11-20)17(15)19-12-21/h3-5,7-10H,2,6H2,1H3. The number of aliphatic imine (C=N–C) groups is 2. The van der Waals surface area contributed by atoms with E-state index in [1.54, 1.807) is 12.1 Å². The molecule has 0 saturated carbocycles. The highest BCUT2D eigenvalue weighted by atomic mass is 16.1. The van der Waals surface area contributed by atoms with Gasteiger partial charge < -0.3 is 0 Å². The zero-order valence-electron chi connectivity index (χ0n) is 11.7. The fourth-order valence-corrected chi connectivity index (χ4v) is 2.32. The number of benzene rings is 2. The predicted molar refractivity (Wildman–Crippen MR) is 81.4 cm³/mol. The molecular weight excluding hydrogens is 264 g/mol. The molecule has 21 heavy (non-hydrogen) atoms. The van der Waals surface area contributed by atoms with Crippen LogP contribution in [0.4, 0.5) is 11.4 Å². The van der Waals surface area contributed by atoms with E-state index < -0.39 is 0 Å². The van der Waals surface area contributed by atoms with Crippen molar-refractivity contribution in [2.24, 2.45) is 9.98 Å². The van der Waals surface area contributed by atoms with Crippen LogP contribution in [0.25, 0.3) is 11.1 Å². The van der Waals surface area contributed by atoms with E-state index in [2.05, 4.69) is 9.98 Å². The number of isocyanates is 2. The SMILES string of the molecule is CCCc1c(-c2ccccc2)ccc(N=C=O)c1N=C=O. The summed E-state index contributed by atoms with van der Waals surface area (Å²) in [5.74, 6) is 0. The molecule has 0 bridgehead atoms. The van der Waals surface area contributed by atoms with Gasteiger partial charge in [0, 0.05) is 0 Å². The van der Waals surface area contributed by atoms with Crippen LogP contribution in [-0.4, -0.2) is 12.2 Å². The molecule has 0 aliphatic rings. The normalized spacial score (nSPS) is 9.57. The molecular formula is C17H14N2O2. The van der Waals surface area contributed by atoms with Crippen LogP contribution < -0.4 is 0 Å². The second kappa shape index (κ2) is 7.11. The van der Waals surface area contributed by atoms with Gasteiger partial charge in [0.1, 0.15) is 11.4 Å². The Morgan fingerprint density at radius 1 is 0.952 bits per heavy atom. The van der Waals surface area contributed by atoms with Crippen molar-refractivity contribution in [2.75, 3.05) is 0 Å². The Morgan fingerprint density at radius 2 is 1.67 bits per heavy atom. The van der Waals surface area contributed by atoms with Crippen molar-refractivity contribution in [3.63, 3.8) is 0 Å². The molecule has 4 heteroatoms. The smallest absolute Gasteiger partial charge is 0.211 e. The maximum absolute atomic E-state index is 10.7. The molecule has 0 heterocycles. The fraction of sp³-hybridized carbons (Fsp3) is 0.176. The summed E-state index contributed by atoms with van der Waals surface area (Å²) in [7, 11) is 0. The van der Waals surface area contributed by atoms with Gasteiger partial charge in [-0.3, -0.25) is 0 Å². The van der Waals surface area contributed by atoms with Gasteiger partial charge in [0.2, 0.25) is 12.2 Å². The van der Waals surface area contributed by atoms with E-state index >= 15 is 0 Å². The highest BCUT2D eigenvalue weighted by molar-refractivity contribution is 5.81. The van der Waals surface area contributed by atoms with E-state index in [4.69, 9.17) is 0 Å². The van der Waals surface area contributed by atoms with Crippen molar-refractivity contribution in [1.82, 2.24) is 0 Å². The highest BCUT2D eigenvalue weighted by Gasteiger charge is 2.13. The molecule has 2 aromatic rings. The Bertz CT molecular complexity index is 726. The predicted octanol–water partition coefficient (Wildman–Crippen LogP) is 4.24. The molecule has 2 rings (SSSR count). The summed E-state index contributed by atoms with van der Waals surface area (Å²) in [5.41, 5.74) is 3.65. The summed E-state index contributed by atoms with van der Waals surface area (Å²) in [6.07, 6.45) is 4.66. The molecule has 0 amide bonds. The minimum Gasteiger partial charge on any atom is -0.211 e. The molecule has 0 atom stereocenters. The summed E-state index contributed by atoms with van der Waals surface area (Å²) in [6.45, 7) is 2.04. The molecule has 2 aromatic carbocycles. The van der Waals surface area contributed by atoms with Gasteiger partial charge in [0.25, 0.3) is 0 Å². The Balaban J connectivity index is 2.74. The average molecular weight is 278 g/mol. The average Bonchev–Trinajstić information content (AvgIpc) is 2.52. The Morgan fingerprint density at radius 3 is 2.29 bits per heavy atom. The van der Waals surface area contributed by atoms with Crippen LogP contribution >= 0.6 is 0 Å². The molecule has 4 nitrogen and oxygen atoms in total. The van der Waals surface area contributed by atoms with Crippen molar-refractivity contribution in [3.8, 4) is 11.1 Å². The second-order valence-corrected chi connectivity index (χ2v) is 4.48. The van der Waals surface area contributed by atoms with Crippen LogP contribution in [-0.2, 0) is 16.0 Å². The zero-order chi connectivity index (χ0) is 15.1. The van der Waals surface area contributed by atoms with Crippen LogP contribution in [0.2, 0.25) is 0 Å². The lowest BCUT2D eigenvalue weighted by Gasteiger charge is -2.13. The Hall–Kier alpha value is -2.80. The first-order chi connectivity index (χ1) is 10.3. The number of nitrogens with zero attached hydrogens (tertiary/aromatic N) is 2. The van der Waals surface area contributed by atoms with Gasteiger partial charge in [-0.1, -0.05) is 49.7 Å². The molecule has 0 N–H and O–H groups in total. The summed E-state index contributed by atoms with van der Waals surface area (Å²) in [5, 5.41) is 0. The summed E-state index contributed by atoms with van der Waals surface area (Å²) in [6, 6.07) is 13.4. The summed E-state index contributed by atoms with van der Waals surface area (Å²) in [4.78, 5) is 28.6. The number of hydrogen-bond acceptors (Lipinski definition) is 4. The lowest BCUT2D eigenvalue weighted by atomic mass is 9.94. The first kappa shape index (κ1) is 14.6. The third-order valence-electron chi connectivity index (χ3n) is 3.17. The third-order valence-corrected chi connectivity index (χ3v) is 3.17. The van der Waals surface area contributed by atoms with Crippen molar-refractivity contribution >= 4 is 23.5 Å². The van der Waals surface area contributed by atoms with Crippen LogP contribution in [0.3, 0.4) is 0 Å². The first-order valence-electron chi connectivity index (χ1n) is 6.68. The summed E-state index contributed by atoms with van der Waals surface area (Å²) >= 11 is 0. The minimum atomic E-state index is 0.344. The Labute approximate surface area is 122 Å². The topological polar surface area (TPSA) is 58.9 Å². The van der Waals surface area contributed by atoms with E-state index in [1.807, 2.05) is 43.3 Å². The number of carbonyl (C=O) groups excluding carboxylic acids is 2. The summed E-state index contributed by atoms with van der Waals surface area (Å²) < 4.78 is 0. The monoisotopic (exact) mass is 278 g/mol. The van der Waals surface area contributed by atoms with Crippen LogP contribution in [0, 0.1) is 0 Å². The highest BCUT2D eigenvalue weighted by Crippen LogP contribution is 2.38. The van der Waals surface area contributed by atoms with Crippen molar-refractivity contribution in [3.05, 3.63) is 48.0 Å². The molecule has 0 aliphatic heterocycles. The van der Waals surface area contributed by atoms with E-state index in [0.717, 1.165) is 29.5 Å². The molecule has 104 valence electrons. The molecule has 0 spiro atoms. The van der Waals surface area contributed by atoms with Gasteiger partial charge >= 0.3 is 0 Å². The van der Waals surface area contributed by atoms with E-state index in [-0.39, 0.29) is 0 Å². The van der Waals surface area contributed by atoms with E-state index in [9.17, 15) is 9.59 Å². The van der Waals surface area contributed by atoms with E-state index in [0.29, 0.717) is 11.4 Å². The zero-order valence-corrected chi connectivity index (χ0v) is 11.7. The number of hydrogen-bond donors (Lipinski definition) is 0. The number of rotatable bonds is 5. The van der Waals surface area contributed by atoms with Gasteiger partial charge in [-0.2, -0.15) is 9.98 Å². The maximum Gasteiger partial charge on any atom is 0.240 e. The van der Waals surface area contributed by atoms with Gasteiger partial charge in [-0.05, 0) is 29.2 Å². The third kappa shape index (κ3) is 3.21. The van der Waals surface area contributed by atoms with Crippen LogP contribution in [0.15, 0.2) is 52.4 Å². The van der Waals surface area contributed by atoms with Crippen molar-refractivity contribution < 1.29 is 9.59 Å². The van der Waals surface area contributed by atoms with Gasteiger partial charge in [-0.15, -0.1) is 0 Å². The van der Waals surface area contributed by atoms with Crippen molar-refractivity contribution in [1.29, 1.82) is 0 Å². The first-order valence-corrected chi connectivity index (χ1v) is 6.68. The van der Waals surface area contributed by atoms with Crippen LogP contribution in [0.1, 0.15) is 18.9 Å². The van der Waals surface area contributed by atoms with Gasteiger partial charge in [0.05, 0.1) is 0 Å². The fourth-order valence-electron chi connectivity index (χ4n) is 2.32. The second-order valence-electron chi connectivity index (χ2n) is 4.48. The largest absolute Gasteiger partial charge is 0.240 e. The molecule has 0 aromatic heterocycles. The maximum atomic E-state index is 10.7. The van der Waals surface area contributed by atoms with Gasteiger partial charge in [0.15, 0.2) is 0 Å². The van der Waals surface area contributed by atoms with Crippen molar-refractivity contribution in [2.45, 2.75) is 19.8 Å². The molecule has 0 fully saturated rings. The molecule has 0 unspecified atom stereocenters. The quantitative estimate of drug-likeness (QED) is 0.606. The molecule has 0 saturated heterocycles.